The smallest absolute Gasteiger partial charge is 0.274 e. The number of hydrogen-bond acceptors (Lipinski definition) is 4. The molecule has 1 aromatic heterocycles. The van der Waals surface area contributed by atoms with Crippen molar-refractivity contribution >= 4 is 16.8 Å². The van der Waals surface area contributed by atoms with Crippen LogP contribution in [0.1, 0.15) is 29.9 Å². The molecule has 0 radical (unpaired) electrons. The highest BCUT2D eigenvalue weighted by atomic mass is 16.5. The maximum atomic E-state index is 12.6. The van der Waals surface area contributed by atoms with Gasteiger partial charge in [0, 0.05) is 18.5 Å². The van der Waals surface area contributed by atoms with Crippen molar-refractivity contribution in [3.05, 3.63) is 35.5 Å². The number of benzene rings is 1. The van der Waals surface area contributed by atoms with Crippen LogP contribution in [0.15, 0.2) is 24.3 Å². The molecular formula is C16H19N3O2. The van der Waals surface area contributed by atoms with Crippen molar-refractivity contribution in [3.8, 4) is 0 Å². The van der Waals surface area contributed by atoms with Crippen LogP contribution in [0.3, 0.4) is 0 Å². The number of hydrogen-bond donors (Lipinski definition) is 0. The van der Waals surface area contributed by atoms with Crippen molar-refractivity contribution < 1.29 is 9.53 Å². The molecule has 0 unspecified atom stereocenters. The van der Waals surface area contributed by atoms with Gasteiger partial charge in [0.25, 0.3) is 5.91 Å². The van der Waals surface area contributed by atoms with Crippen molar-refractivity contribution in [3.63, 3.8) is 0 Å². The number of morpholine rings is 1. The monoisotopic (exact) mass is 285 g/mol. The number of ether oxygens (including phenoxy) is 1. The summed E-state index contributed by atoms with van der Waals surface area (Å²) in [5.74, 6) is -0.0760. The molecule has 3 rings (SSSR count). The Morgan fingerprint density at radius 1 is 1.19 bits per heavy atom. The minimum Gasteiger partial charge on any atom is -0.372 e. The molecule has 0 saturated carbocycles. The summed E-state index contributed by atoms with van der Waals surface area (Å²) < 4.78 is 5.66. The summed E-state index contributed by atoms with van der Waals surface area (Å²) in [7, 11) is 0. The Kier molecular flexibility index (Phi) is 3.59. The van der Waals surface area contributed by atoms with E-state index >= 15 is 0 Å². The van der Waals surface area contributed by atoms with Gasteiger partial charge in [-0.25, -0.2) is 0 Å². The number of carbonyl (C=O) groups excluding carboxylic acids is 1. The minimum absolute atomic E-state index is 0.0494. The number of nitrogens with zero attached hydrogens (tertiary/aromatic N) is 3. The Morgan fingerprint density at radius 3 is 2.62 bits per heavy atom. The second kappa shape index (κ2) is 5.41. The summed E-state index contributed by atoms with van der Waals surface area (Å²) in [5.41, 5.74) is 2.35. The fourth-order valence-corrected chi connectivity index (χ4v) is 2.77. The Labute approximate surface area is 123 Å². The molecule has 5 heteroatoms. The Balaban J connectivity index is 1.90. The van der Waals surface area contributed by atoms with E-state index < -0.39 is 0 Å². The lowest BCUT2D eigenvalue weighted by Gasteiger charge is -2.35. The zero-order chi connectivity index (χ0) is 15.0. The second-order valence-corrected chi connectivity index (χ2v) is 5.76. The average molecular weight is 285 g/mol. The molecule has 0 N–H and O–H groups in total. The first kappa shape index (κ1) is 13.9. The standard InChI is InChI=1S/C16H19N3O2/c1-10-4-5-14-13(6-10)7-15(18-17-14)16(20)19-8-11(2)21-12(3)9-19/h4-7,11-12H,8-9H2,1-3H3/t11-,12+. The maximum absolute atomic E-state index is 12.6. The van der Waals surface area contributed by atoms with Crippen LogP contribution in [-0.2, 0) is 4.74 Å². The highest BCUT2D eigenvalue weighted by Gasteiger charge is 2.27. The number of fused-ring (bicyclic) bond motifs is 1. The summed E-state index contributed by atoms with van der Waals surface area (Å²) in [5, 5.41) is 9.17. The molecule has 1 amide bonds. The van der Waals surface area contributed by atoms with E-state index in [9.17, 15) is 4.79 Å². The minimum atomic E-state index is -0.0760. The van der Waals surface area contributed by atoms with Gasteiger partial charge in [-0.1, -0.05) is 11.6 Å². The quantitative estimate of drug-likeness (QED) is 0.806. The molecule has 5 nitrogen and oxygen atoms in total. The van der Waals surface area contributed by atoms with E-state index in [1.807, 2.05) is 45.0 Å². The summed E-state index contributed by atoms with van der Waals surface area (Å²) in [6, 6.07) is 7.75. The number of aromatic nitrogens is 2. The summed E-state index contributed by atoms with van der Waals surface area (Å²) in [6.07, 6.45) is 0.0988. The molecule has 1 fully saturated rings. The predicted octanol–water partition coefficient (Wildman–Crippen LogP) is 2.19. The molecule has 110 valence electrons. The fraction of sp³-hybridized carbons (Fsp3) is 0.438. The molecule has 1 aliphatic heterocycles. The molecule has 1 aliphatic rings. The summed E-state index contributed by atoms with van der Waals surface area (Å²) >= 11 is 0. The van der Waals surface area contributed by atoms with Crippen molar-refractivity contribution in [2.75, 3.05) is 13.1 Å². The van der Waals surface area contributed by atoms with E-state index in [-0.39, 0.29) is 18.1 Å². The van der Waals surface area contributed by atoms with Gasteiger partial charge < -0.3 is 9.64 Å². The van der Waals surface area contributed by atoms with E-state index in [4.69, 9.17) is 4.74 Å². The van der Waals surface area contributed by atoms with Crippen molar-refractivity contribution in [1.82, 2.24) is 15.1 Å². The van der Waals surface area contributed by atoms with Gasteiger partial charge in [-0.3, -0.25) is 4.79 Å². The first-order chi connectivity index (χ1) is 10.0. The van der Waals surface area contributed by atoms with Gasteiger partial charge in [-0.2, -0.15) is 0 Å². The summed E-state index contributed by atoms with van der Waals surface area (Å²) in [6.45, 7) is 7.16. The molecule has 1 aromatic carbocycles. The van der Waals surface area contributed by atoms with E-state index in [1.165, 1.54) is 0 Å². The van der Waals surface area contributed by atoms with Crippen LogP contribution in [0.5, 0.6) is 0 Å². The van der Waals surface area contributed by atoms with Crippen LogP contribution in [0.25, 0.3) is 10.9 Å². The molecule has 0 spiro atoms. The maximum Gasteiger partial charge on any atom is 0.274 e. The van der Waals surface area contributed by atoms with Crippen molar-refractivity contribution in [2.24, 2.45) is 0 Å². The molecule has 2 heterocycles. The molecule has 1 saturated heterocycles. The van der Waals surface area contributed by atoms with Gasteiger partial charge in [0.15, 0.2) is 5.69 Å². The SMILES string of the molecule is Cc1ccc2nnc(C(=O)N3C[C@@H](C)O[C@@H](C)C3)cc2c1. The number of carbonyl (C=O) groups is 1. The largest absolute Gasteiger partial charge is 0.372 e. The van der Waals surface area contributed by atoms with Crippen molar-refractivity contribution in [2.45, 2.75) is 33.0 Å². The van der Waals surface area contributed by atoms with E-state index in [0.29, 0.717) is 18.8 Å². The van der Waals surface area contributed by atoms with Crippen LogP contribution in [0, 0.1) is 6.92 Å². The first-order valence-electron chi connectivity index (χ1n) is 7.22. The third-order valence-electron chi connectivity index (χ3n) is 3.67. The third kappa shape index (κ3) is 2.88. The summed E-state index contributed by atoms with van der Waals surface area (Å²) in [4.78, 5) is 14.4. The molecule has 0 bridgehead atoms. The first-order valence-corrected chi connectivity index (χ1v) is 7.22. The van der Waals surface area contributed by atoms with Gasteiger partial charge in [-0.15, -0.1) is 10.2 Å². The molecule has 2 aromatic rings. The molecule has 2 atom stereocenters. The van der Waals surface area contributed by atoms with E-state index in [2.05, 4.69) is 10.2 Å². The zero-order valence-electron chi connectivity index (χ0n) is 12.5. The van der Waals surface area contributed by atoms with Crippen LogP contribution < -0.4 is 0 Å². The van der Waals surface area contributed by atoms with Crippen LogP contribution in [0.4, 0.5) is 0 Å². The molecule has 0 aliphatic carbocycles. The lowest BCUT2D eigenvalue weighted by atomic mass is 10.1. The molecular weight excluding hydrogens is 266 g/mol. The van der Waals surface area contributed by atoms with Crippen molar-refractivity contribution in [1.29, 1.82) is 0 Å². The van der Waals surface area contributed by atoms with Crippen LogP contribution >= 0.6 is 0 Å². The van der Waals surface area contributed by atoms with Gasteiger partial charge in [0.1, 0.15) is 0 Å². The van der Waals surface area contributed by atoms with Gasteiger partial charge in [0.2, 0.25) is 0 Å². The Morgan fingerprint density at radius 2 is 1.90 bits per heavy atom. The number of aryl methyl sites for hydroxylation is 1. The van der Waals surface area contributed by atoms with Crippen LogP contribution in [0.2, 0.25) is 0 Å². The molecule has 21 heavy (non-hydrogen) atoms. The van der Waals surface area contributed by atoms with Gasteiger partial charge >= 0.3 is 0 Å². The van der Waals surface area contributed by atoms with Crippen LogP contribution in [-0.4, -0.2) is 46.3 Å². The number of amides is 1. The predicted molar refractivity (Wildman–Crippen MR) is 80.2 cm³/mol. The third-order valence-corrected chi connectivity index (χ3v) is 3.67. The highest BCUT2D eigenvalue weighted by molar-refractivity contribution is 5.95. The van der Waals surface area contributed by atoms with Gasteiger partial charge in [-0.05, 0) is 39.0 Å². The Bertz CT molecular complexity index is 676. The number of rotatable bonds is 1. The normalized spacial score (nSPS) is 22.5. The fourth-order valence-electron chi connectivity index (χ4n) is 2.77. The lowest BCUT2D eigenvalue weighted by Crippen LogP contribution is -2.48. The van der Waals surface area contributed by atoms with Gasteiger partial charge in [0.05, 0.1) is 17.7 Å². The lowest BCUT2D eigenvalue weighted by molar-refractivity contribution is -0.0587. The zero-order valence-corrected chi connectivity index (χ0v) is 12.5. The van der Waals surface area contributed by atoms with E-state index in [1.54, 1.807) is 4.90 Å². The highest BCUT2D eigenvalue weighted by Crippen LogP contribution is 2.17. The Hall–Kier alpha value is -2.01. The second-order valence-electron chi connectivity index (χ2n) is 5.76. The topological polar surface area (TPSA) is 55.3 Å². The van der Waals surface area contributed by atoms with E-state index in [0.717, 1.165) is 16.5 Å². The average Bonchev–Trinajstić information content (AvgIpc) is 2.44.